The van der Waals surface area contributed by atoms with Crippen molar-refractivity contribution in [2.24, 2.45) is 0 Å². The zero-order valence-corrected chi connectivity index (χ0v) is 18.5. The molecule has 10 nitrogen and oxygen atoms in total. The molecule has 1 aliphatic rings. The number of carbonyl (C=O) groups is 1. The van der Waals surface area contributed by atoms with Crippen molar-refractivity contribution in [1.29, 1.82) is 0 Å². The van der Waals surface area contributed by atoms with Crippen LogP contribution in [0.5, 0.6) is 0 Å². The Hall–Kier alpha value is -3.79. The molecular weight excluding hydrogens is 422 g/mol. The number of benzene rings is 1. The smallest absolute Gasteiger partial charge is 0.273 e. The molecule has 33 heavy (non-hydrogen) atoms. The molecular formula is C23H25N7O3. The third-order valence-corrected chi connectivity index (χ3v) is 5.54. The molecule has 4 aromatic rings. The monoisotopic (exact) mass is 447 g/mol. The van der Waals surface area contributed by atoms with Crippen molar-refractivity contribution in [2.75, 3.05) is 24.5 Å². The molecule has 5 rings (SSSR count). The number of nitrogens with one attached hydrogen (secondary N) is 1. The summed E-state index contributed by atoms with van der Waals surface area (Å²) in [5.41, 5.74) is 1.83. The van der Waals surface area contributed by atoms with E-state index in [4.69, 9.17) is 9.26 Å². The van der Waals surface area contributed by atoms with Gasteiger partial charge in [-0.1, -0.05) is 35.5 Å². The Morgan fingerprint density at radius 3 is 2.73 bits per heavy atom. The number of ether oxygens (including phenoxy) is 1. The maximum Gasteiger partial charge on any atom is 0.273 e. The van der Waals surface area contributed by atoms with E-state index in [1.54, 1.807) is 23.3 Å². The molecule has 0 unspecified atom stereocenters. The van der Waals surface area contributed by atoms with Crippen LogP contribution in [0.25, 0.3) is 22.4 Å². The lowest BCUT2D eigenvalue weighted by Gasteiger charge is -2.36. The summed E-state index contributed by atoms with van der Waals surface area (Å²) in [6.07, 6.45) is 3.59. The Labute approximate surface area is 190 Å². The van der Waals surface area contributed by atoms with E-state index >= 15 is 0 Å². The molecule has 2 atom stereocenters. The summed E-state index contributed by atoms with van der Waals surface area (Å²) < 4.78 is 12.9. The largest absolute Gasteiger partial charge is 0.372 e. The first kappa shape index (κ1) is 21.1. The molecule has 1 saturated heterocycles. The highest BCUT2D eigenvalue weighted by atomic mass is 16.5. The first-order chi connectivity index (χ1) is 16.1. The van der Waals surface area contributed by atoms with E-state index in [-0.39, 0.29) is 23.8 Å². The van der Waals surface area contributed by atoms with E-state index in [1.807, 2.05) is 30.3 Å². The molecule has 1 N–H and O–H groups in total. The minimum atomic E-state index is -0.302. The molecule has 10 heteroatoms. The van der Waals surface area contributed by atoms with Gasteiger partial charge in [-0.2, -0.15) is 5.10 Å². The van der Waals surface area contributed by atoms with Gasteiger partial charge in [0.05, 0.1) is 30.3 Å². The number of rotatable bonds is 6. The van der Waals surface area contributed by atoms with Crippen LogP contribution in [-0.2, 0) is 11.3 Å². The van der Waals surface area contributed by atoms with E-state index in [0.29, 0.717) is 18.8 Å². The van der Waals surface area contributed by atoms with Gasteiger partial charge < -0.3 is 19.5 Å². The molecule has 1 fully saturated rings. The summed E-state index contributed by atoms with van der Waals surface area (Å²) in [6.45, 7) is 6.48. The molecule has 0 bridgehead atoms. The second-order valence-electron chi connectivity index (χ2n) is 8.16. The summed E-state index contributed by atoms with van der Waals surface area (Å²) >= 11 is 0. The number of anilines is 1. The van der Waals surface area contributed by atoms with Crippen molar-refractivity contribution in [3.05, 3.63) is 54.6 Å². The summed E-state index contributed by atoms with van der Waals surface area (Å²) in [5.74, 6) is 1.10. The topological polar surface area (TPSA) is 111 Å². The lowest BCUT2D eigenvalue weighted by Crippen LogP contribution is -2.45. The van der Waals surface area contributed by atoms with Crippen LogP contribution in [0.2, 0.25) is 0 Å². The maximum atomic E-state index is 12.5. The van der Waals surface area contributed by atoms with Gasteiger partial charge in [0.15, 0.2) is 17.1 Å². The fourth-order valence-corrected chi connectivity index (χ4v) is 4.13. The van der Waals surface area contributed by atoms with Crippen LogP contribution in [0, 0.1) is 0 Å². The fraction of sp³-hybridized carbons (Fsp3) is 0.348. The highest BCUT2D eigenvalue weighted by Gasteiger charge is 2.25. The van der Waals surface area contributed by atoms with Gasteiger partial charge in [0.1, 0.15) is 12.1 Å². The highest BCUT2D eigenvalue weighted by molar-refractivity contribution is 5.93. The summed E-state index contributed by atoms with van der Waals surface area (Å²) in [5, 5.41) is 12.1. The first-order valence-corrected chi connectivity index (χ1v) is 11.0. The third-order valence-electron chi connectivity index (χ3n) is 5.54. The van der Waals surface area contributed by atoms with E-state index < -0.39 is 0 Å². The maximum absolute atomic E-state index is 12.5. The number of fused-ring (bicyclic) bond motifs is 1. The van der Waals surface area contributed by atoms with Gasteiger partial charge in [-0.25, -0.2) is 14.6 Å². The van der Waals surface area contributed by atoms with Gasteiger partial charge in [0.2, 0.25) is 0 Å². The molecule has 0 radical (unpaired) electrons. The predicted molar refractivity (Wildman–Crippen MR) is 122 cm³/mol. The van der Waals surface area contributed by atoms with E-state index in [2.05, 4.69) is 44.3 Å². The number of hydrogen-bond donors (Lipinski definition) is 1. The molecule has 0 spiro atoms. The Bertz CT molecular complexity index is 1240. The molecule has 0 aliphatic carbocycles. The van der Waals surface area contributed by atoms with Crippen molar-refractivity contribution in [3.8, 4) is 11.3 Å². The van der Waals surface area contributed by atoms with E-state index in [1.165, 1.54) is 0 Å². The molecule has 0 saturated carbocycles. The third kappa shape index (κ3) is 4.42. The van der Waals surface area contributed by atoms with Crippen molar-refractivity contribution in [3.63, 3.8) is 0 Å². The summed E-state index contributed by atoms with van der Waals surface area (Å²) in [4.78, 5) is 23.6. The van der Waals surface area contributed by atoms with Crippen LogP contribution in [0.3, 0.4) is 0 Å². The number of nitrogens with zero attached hydrogens (tertiary/aromatic N) is 6. The van der Waals surface area contributed by atoms with Gasteiger partial charge in [-0.3, -0.25) is 4.79 Å². The van der Waals surface area contributed by atoms with Crippen molar-refractivity contribution >= 4 is 22.8 Å². The average Bonchev–Trinajstić information content (AvgIpc) is 3.47. The van der Waals surface area contributed by atoms with Crippen LogP contribution >= 0.6 is 0 Å². The Morgan fingerprint density at radius 2 is 1.94 bits per heavy atom. The van der Waals surface area contributed by atoms with Gasteiger partial charge in [-0.15, -0.1) is 0 Å². The van der Waals surface area contributed by atoms with Crippen LogP contribution in [0.15, 0.2) is 53.4 Å². The zero-order valence-electron chi connectivity index (χ0n) is 18.5. The zero-order chi connectivity index (χ0) is 22.8. The molecule has 3 aromatic heterocycles. The number of hydrogen-bond acceptors (Lipinski definition) is 8. The van der Waals surface area contributed by atoms with Crippen molar-refractivity contribution in [1.82, 2.24) is 30.2 Å². The minimum Gasteiger partial charge on any atom is -0.372 e. The average molecular weight is 447 g/mol. The van der Waals surface area contributed by atoms with Crippen LogP contribution < -0.4 is 10.2 Å². The van der Waals surface area contributed by atoms with Gasteiger partial charge in [0, 0.05) is 31.3 Å². The Balaban J connectivity index is 1.24. The number of carbonyl (C=O) groups excluding carboxylic acids is 1. The molecule has 1 amide bonds. The SMILES string of the molecule is C[C@H]1CN(c2ncnc3c2cnn3CCNC(=O)c2cc(-c3ccccc3)on2)C[C@H](C)O1. The second-order valence-corrected chi connectivity index (χ2v) is 8.16. The van der Waals surface area contributed by atoms with Gasteiger partial charge in [0.25, 0.3) is 5.91 Å². The standard InChI is InChI=1S/C23H25N7O3/c1-15-12-29(13-16(2)32-15)21-18-11-27-30(22(18)26-14-25-21)9-8-24-23(31)19-10-20(33-28-19)17-6-4-3-5-7-17/h3-7,10-11,14-16H,8-9,12-13H2,1-2H3,(H,24,31)/t15-,16-/m0/s1. The quantitative estimate of drug-likeness (QED) is 0.480. The van der Waals surface area contributed by atoms with Crippen molar-refractivity contribution in [2.45, 2.75) is 32.6 Å². The van der Waals surface area contributed by atoms with Crippen LogP contribution in [0.4, 0.5) is 5.82 Å². The molecule has 4 heterocycles. The predicted octanol–water partition coefficient (Wildman–Crippen LogP) is 2.52. The number of amides is 1. The summed E-state index contributed by atoms with van der Waals surface area (Å²) in [6, 6.07) is 11.2. The van der Waals surface area contributed by atoms with Crippen LogP contribution in [0.1, 0.15) is 24.3 Å². The second kappa shape index (κ2) is 8.99. The number of morpholine rings is 1. The highest BCUT2D eigenvalue weighted by Crippen LogP contribution is 2.25. The van der Waals surface area contributed by atoms with E-state index in [0.717, 1.165) is 35.5 Å². The molecule has 170 valence electrons. The number of aromatic nitrogens is 5. The minimum absolute atomic E-state index is 0.128. The lowest BCUT2D eigenvalue weighted by molar-refractivity contribution is -0.00537. The lowest BCUT2D eigenvalue weighted by atomic mass is 10.1. The Kier molecular flexibility index (Phi) is 5.74. The van der Waals surface area contributed by atoms with Crippen LogP contribution in [-0.4, -0.2) is 62.7 Å². The van der Waals surface area contributed by atoms with Gasteiger partial charge in [-0.05, 0) is 13.8 Å². The van der Waals surface area contributed by atoms with E-state index in [9.17, 15) is 4.79 Å². The summed E-state index contributed by atoms with van der Waals surface area (Å²) in [7, 11) is 0. The Morgan fingerprint density at radius 1 is 1.15 bits per heavy atom. The first-order valence-electron chi connectivity index (χ1n) is 11.0. The fourth-order valence-electron chi connectivity index (χ4n) is 4.13. The molecule has 1 aromatic carbocycles. The molecule has 1 aliphatic heterocycles. The van der Waals surface area contributed by atoms with Gasteiger partial charge >= 0.3 is 0 Å². The normalized spacial score (nSPS) is 18.5. The van der Waals surface area contributed by atoms with Crippen molar-refractivity contribution < 1.29 is 14.1 Å².